The Hall–Kier alpha value is -1.87. The number of thiazole rings is 1. The van der Waals surface area contributed by atoms with Gasteiger partial charge in [-0.2, -0.15) is 0 Å². The zero-order valence-corrected chi connectivity index (χ0v) is 15.2. The molecule has 134 valence electrons. The van der Waals surface area contributed by atoms with Crippen molar-refractivity contribution in [2.24, 2.45) is 0 Å². The first-order valence-corrected chi connectivity index (χ1v) is 8.70. The topological polar surface area (TPSA) is 81.2 Å². The number of carbonyl (C=O) groups excluding carboxylic acids is 2. The third kappa shape index (κ3) is 5.34. The Morgan fingerprint density at radius 3 is 2.50 bits per heavy atom. The van der Waals surface area contributed by atoms with Crippen LogP contribution in [-0.2, 0) is 14.3 Å². The molecule has 2 heterocycles. The number of esters is 1. The number of rotatable bonds is 4. The maximum Gasteiger partial charge on any atom is 0.528 e. The number of nitrogens with zero attached hydrogens (tertiary/aromatic N) is 3. The highest BCUT2D eigenvalue weighted by Crippen LogP contribution is 2.22. The van der Waals surface area contributed by atoms with Crippen LogP contribution >= 0.6 is 11.3 Å². The van der Waals surface area contributed by atoms with Gasteiger partial charge in [0, 0.05) is 18.5 Å². The first-order chi connectivity index (χ1) is 11.3. The molecule has 0 saturated carbocycles. The predicted octanol–water partition coefficient (Wildman–Crippen LogP) is 2.31. The number of ether oxygens (including phenoxy) is 2. The molecular weight excluding hydrogens is 334 g/mol. The Labute approximate surface area is 145 Å². The van der Waals surface area contributed by atoms with E-state index in [2.05, 4.69) is 4.98 Å². The second-order valence-electron chi connectivity index (χ2n) is 6.21. The minimum Gasteiger partial charge on any atom is -0.461 e. The van der Waals surface area contributed by atoms with Crippen molar-refractivity contribution < 1.29 is 23.9 Å². The lowest BCUT2D eigenvalue weighted by Gasteiger charge is -2.33. The van der Waals surface area contributed by atoms with E-state index in [-0.39, 0.29) is 0 Å². The van der Waals surface area contributed by atoms with E-state index in [0.29, 0.717) is 38.5 Å². The standard InChI is InChI=1S/C15H23N3O5S/c1-5-21-12(19)11-10-24-13(16-11)17-6-8-18(9-7-17)23-14(20)22-15(2,3)4/h10H,5-9H2,1-4H3. The maximum absolute atomic E-state index is 11.7. The number of hydrogen-bond acceptors (Lipinski definition) is 9. The Balaban J connectivity index is 1.82. The van der Waals surface area contributed by atoms with E-state index < -0.39 is 17.7 Å². The fraction of sp³-hybridized carbons (Fsp3) is 0.667. The third-order valence-electron chi connectivity index (χ3n) is 3.08. The number of hydrogen-bond donors (Lipinski definition) is 0. The molecule has 1 aliphatic heterocycles. The molecule has 9 heteroatoms. The van der Waals surface area contributed by atoms with Gasteiger partial charge in [0.2, 0.25) is 0 Å². The lowest BCUT2D eigenvalue weighted by atomic mass is 10.2. The molecule has 2 rings (SSSR count). The summed E-state index contributed by atoms with van der Waals surface area (Å²) in [6, 6.07) is 0. The lowest BCUT2D eigenvalue weighted by Crippen LogP contribution is -2.47. The summed E-state index contributed by atoms with van der Waals surface area (Å²) in [7, 11) is 0. The van der Waals surface area contributed by atoms with E-state index >= 15 is 0 Å². The number of carbonyl (C=O) groups is 2. The van der Waals surface area contributed by atoms with Crippen LogP contribution < -0.4 is 4.90 Å². The fourth-order valence-corrected chi connectivity index (χ4v) is 2.90. The molecular formula is C15H23N3O5S. The average molecular weight is 357 g/mol. The fourth-order valence-electron chi connectivity index (χ4n) is 2.05. The molecule has 0 spiro atoms. The van der Waals surface area contributed by atoms with Gasteiger partial charge in [-0.05, 0) is 27.7 Å². The van der Waals surface area contributed by atoms with E-state index in [1.54, 1.807) is 38.1 Å². The SMILES string of the molecule is CCOC(=O)c1csc(N2CCN(OC(=O)OC(C)(C)C)CC2)n1. The van der Waals surface area contributed by atoms with Crippen molar-refractivity contribution in [1.29, 1.82) is 0 Å². The van der Waals surface area contributed by atoms with Gasteiger partial charge in [-0.15, -0.1) is 16.4 Å². The molecule has 0 radical (unpaired) electrons. The lowest BCUT2D eigenvalue weighted by molar-refractivity contribution is -0.144. The van der Waals surface area contributed by atoms with Gasteiger partial charge >= 0.3 is 12.1 Å². The molecule has 1 fully saturated rings. The van der Waals surface area contributed by atoms with Crippen molar-refractivity contribution >= 4 is 28.6 Å². The van der Waals surface area contributed by atoms with Gasteiger partial charge in [-0.1, -0.05) is 0 Å². The van der Waals surface area contributed by atoms with Gasteiger partial charge in [0.05, 0.1) is 19.7 Å². The van der Waals surface area contributed by atoms with Crippen molar-refractivity contribution in [2.45, 2.75) is 33.3 Å². The minimum absolute atomic E-state index is 0.323. The molecule has 0 amide bonds. The van der Waals surface area contributed by atoms with Crippen molar-refractivity contribution in [3.8, 4) is 0 Å². The Bertz CT molecular complexity index is 576. The smallest absolute Gasteiger partial charge is 0.461 e. The first-order valence-electron chi connectivity index (χ1n) is 7.82. The predicted molar refractivity (Wildman–Crippen MR) is 89.2 cm³/mol. The summed E-state index contributed by atoms with van der Waals surface area (Å²) in [5, 5.41) is 4.02. The molecule has 0 aliphatic carbocycles. The summed E-state index contributed by atoms with van der Waals surface area (Å²) in [5.74, 6) is -0.410. The van der Waals surface area contributed by atoms with Crippen molar-refractivity contribution in [3.63, 3.8) is 0 Å². The first kappa shape index (κ1) is 18.5. The zero-order chi connectivity index (χ0) is 17.7. The maximum atomic E-state index is 11.7. The highest BCUT2D eigenvalue weighted by atomic mass is 32.1. The van der Waals surface area contributed by atoms with Gasteiger partial charge in [-0.3, -0.25) is 0 Å². The van der Waals surface area contributed by atoms with Gasteiger partial charge < -0.3 is 19.2 Å². The number of anilines is 1. The normalized spacial score (nSPS) is 15.9. The van der Waals surface area contributed by atoms with Crippen LogP contribution in [-0.4, -0.2) is 60.6 Å². The molecule has 24 heavy (non-hydrogen) atoms. The third-order valence-corrected chi connectivity index (χ3v) is 3.98. The van der Waals surface area contributed by atoms with Crippen LogP contribution in [0.15, 0.2) is 5.38 Å². The van der Waals surface area contributed by atoms with Crippen molar-refractivity contribution in [1.82, 2.24) is 10.0 Å². The van der Waals surface area contributed by atoms with Gasteiger partial charge in [0.25, 0.3) is 0 Å². The van der Waals surface area contributed by atoms with Gasteiger partial charge in [0.15, 0.2) is 10.8 Å². The van der Waals surface area contributed by atoms with Crippen LogP contribution in [0.3, 0.4) is 0 Å². The minimum atomic E-state index is -0.699. The summed E-state index contributed by atoms with van der Waals surface area (Å²) < 4.78 is 10.1. The molecule has 1 saturated heterocycles. The van der Waals surface area contributed by atoms with E-state index in [0.717, 1.165) is 5.13 Å². The molecule has 8 nitrogen and oxygen atoms in total. The van der Waals surface area contributed by atoms with Crippen LogP contribution in [0.5, 0.6) is 0 Å². The van der Waals surface area contributed by atoms with E-state index in [1.807, 2.05) is 4.90 Å². The van der Waals surface area contributed by atoms with E-state index in [4.69, 9.17) is 14.3 Å². The highest BCUT2D eigenvalue weighted by molar-refractivity contribution is 7.13. The Kier molecular flexibility index (Phi) is 6.00. The molecule has 1 aliphatic rings. The molecule has 0 N–H and O–H groups in total. The summed E-state index contributed by atoms with van der Waals surface area (Å²) in [5.41, 5.74) is -0.257. The summed E-state index contributed by atoms with van der Waals surface area (Å²) in [6.45, 7) is 9.79. The quantitative estimate of drug-likeness (QED) is 0.760. The molecule has 0 atom stereocenters. The molecule has 0 aromatic carbocycles. The summed E-state index contributed by atoms with van der Waals surface area (Å²) >= 11 is 1.40. The molecule has 0 unspecified atom stereocenters. The Morgan fingerprint density at radius 2 is 1.92 bits per heavy atom. The van der Waals surface area contributed by atoms with Crippen LogP contribution in [0.2, 0.25) is 0 Å². The van der Waals surface area contributed by atoms with Gasteiger partial charge in [-0.25, -0.2) is 14.6 Å². The van der Waals surface area contributed by atoms with Crippen LogP contribution in [0, 0.1) is 0 Å². The molecule has 1 aromatic rings. The second-order valence-corrected chi connectivity index (χ2v) is 7.04. The number of piperazine rings is 1. The van der Waals surface area contributed by atoms with Crippen LogP contribution in [0.25, 0.3) is 0 Å². The highest BCUT2D eigenvalue weighted by Gasteiger charge is 2.25. The Morgan fingerprint density at radius 1 is 1.25 bits per heavy atom. The average Bonchev–Trinajstić information content (AvgIpc) is 2.96. The van der Waals surface area contributed by atoms with Gasteiger partial charge in [0.1, 0.15) is 5.60 Å². The largest absolute Gasteiger partial charge is 0.528 e. The van der Waals surface area contributed by atoms with E-state index in [9.17, 15) is 9.59 Å². The van der Waals surface area contributed by atoms with Crippen LogP contribution in [0.4, 0.5) is 9.93 Å². The molecule has 1 aromatic heterocycles. The summed E-state index contributed by atoms with van der Waals surface area (Å²) in [6.07, 6.45) is -0.699. The molecule has 0 bridgehead atoms. The second kappa shape index (κ2) is 7.80. The summed E-state index contributed by atoms with van der Waals surface area (Å²) in [4.78, 5) is 34.8. The monoisotopic (exact) mass is 357 g/mol. The zero-order valence-electron chi connectivity index (χ0n) is 14.4. The number of hydroxylamine groups is 2. The van der Waals surface area contributed by atoms with Crippen molar-refractivity contribution in [3.05, 3.63) is 11.1 Å². The number of aromatic nitrogens is 1. The van der Waals surface area contributed by atoms with Crippen molar-refractivity contribution in [2.75, 3.05) is 37.7 Å². The van der Waals surface area contributed by atoms with Crippen LogP contribution in [0.1, 0.15) is 38.2 Å². The van der Waals surface area contributed by atoms with E-state index in [1.165, 1.54) is 11.3 Å².